The second kappa shape index (κ2) is 6.25. The summed E-state index contributed by atoms with van der Waals surface area (Å²) in [7, 11) is 0. The van der Waals surface area contributed by atoms with Crippen molar-refractivity contribution < 1.29 is 14.2 Å². The first-order valence-electron chi connectivity index (χ1n) is 6.32. The summed E-state index contributed by atoms with van der Waals surface area (Å²) >= 11 is 5.70. The Morgan fingerprint density at radius 3 is 2.65 bits per heavy atom. The maximum absolute atomic E-state index is 13.7. The summed E-state index contributed by atoms with van der Waals surface area (Å²) in [5.41, 5.74) is 2.15. The molecule has 0 aliphatic carbocycles. The minimum Gasteiger partial charge on any atom is -0.488 e. The van der Waals surface area contributed by atoms with Gasteiger partial charge in [0.2, 0.25) is 0 Å². The van der Waals surface area contributed by atoms with Crippen LogP contribution in [0.25, 0.3) is 0 Å². The monoisotopic (exact) mass is 294 g/mol. The van der Waals surface area contributed by atoms with Gasteiger partial charge in [-0.3, -0.25) is 0 Å². The Hall–Kier alpha value is -1.58. The van der Waals surface area contributed by atoms with Crippen LogP contribution in [0.2, 0.25) is 5.02 Å². The second-order valence-corrected chi connectivity index (χ2v) is 5.18. The minimum atomic E-state index is -0.639. The van der Waals surface area contributed by atoms with Gasteiger partial charge in [0.1, 0.15) is 18.2 Å². The van der Waals surface area contributed by atoms with Crippen molar-refractivity contribution in [2.75, 3.05) is 0 Å². The molecule has 2 aromatic carbocycles. The fourth-order valence-corrected chi connectivity index (χ4v) is 2.08. The molecule has 0 amide bonds. The Morgan fingerprint density at radius 2 is 2.00 bits per heavy atom. The number of aliphatic hydroxyl groups excluding tert-OH is 1. The van der Waals surface area contributed by atoms with E-state index in [-0.39, 0.29) is 6.61 Å². The van der Waals surface area contributed by atoms with Gasteiger partial charge in [0.15, 0.2) is 0 Å². The van der Waals surface area contributed by atoms with Gasteiger partial charge in [-0.1, -0.05) is 29.3 Å². The van der Waals surface area contributed by atoms with E-state index >= 15 is 0 Å². The first kappa shape index (κ1) is 14.8. The van der Waals surface area contributed by atoms with E-state index in [0.717, 1.165) is 5.56 Å². The van der Waals surface area contributed by atoms with Crippen LogP contribution >= 0.6 is 11.6 Å². The van der Waals surface area contributed by atoms with Crippen LogP contribution in [-0.2, 0) is 6.61 Å². The lowest BCUT2D eigenvalue weighted by atomic mass is 10.1. The largest absolute Gasteiger partial charge is 0.488 e. The normalized spacial score (nSPS) is 12.2. The highest BCUT2D eigenvalue weighted by atomic mass is 35.5. The summed E-state index contributed by atoms with van der Waals surface area (Å²) in [5, 5.41) is 10.1. The van der Waals surface area contributed by atoms with E-state index in [2.05, 4.69) is 0 Å². The van der Waals surface area contributed by atoms with Crippen LogP contribution in [0.15, 0.2) is 36.4 Å². The fourth-order valence-electron chi connectivity index (χ4n) is 1.92. The first-order chi connectivity index (χ1) is 9.47. The highest BCUT2D eigenvalue weighted by Gasteiger charge is 2.11. The molecule has 2 aromatic rings. The molecule has 0 fully saturated rings. The zero-order chi connectivity index (χ0) is 14.7. The predicted octanol–water partition coefficient (Wildman–Crippen LogP) is 4.42. The Bertz CT molecular complexity index is 611. The maximum atomic E-state index is 13.7. The third kappa shape index (κ3) is 3.50. The van der Waals surface area contributed by atoms with Gasteiger partial charge in [-0.2, -0.15) is 0 Å². The van der Waals surface area contributed by atoms with Crippen LogP contribution in [0.1, 0.15) is 29.7 Å². The molecule has 1 N–H and O–H groups in total. The van der Waals surface area contributed by atoms with Gasteiger partial charge >= 0.3 is 0 Å². The number of benzene rings is 2. The van der Waals surface area contributed by atoms with E-state index in [4.69, 9.17) is 16.3 Å². The molecule has 0 spiro atoms. The van der Waals surface area contributed by atoms with Gasteiger partial charge in [-0.25, -0.2) is 4.39 Å². The standard InChI is InChI=1S/C16H16ClFO2/c1-10-3-6-16(14(7-10)11(2)19)20-9-12-4-5-13(17)8-15(12)18/h3-8,11,19H,9H2,1-2H3/t11-/m1/s1. The van der Waals surface area contributed by atoms with Crippen LogP contribution in [0.4, 0.5) is 4.39 Å². The molecular weight excluding hydrogens is 279 g/mol. The Labute approximate surface area is 122 Å². The van der Waals surface area contributed by atoms with Crippen LogP contribution in [0, 0.1) is 12.7 Å². The van der Waals surface area contributed by atoms with Crippen LogP contribution in [-0.4, -0.2) is 5.11 Å². The quantitative estimate of drug-likeness (QED) is 0.904. The third-order valence-electron chi connectivity index (χ3n) is 3.01. The van der Waals surface area contributed by atoms with Crippen molar-refractivity contribution in [1.29, 1.82) is 0 Å². The van der Waals surface area contributed by atoms with Crippen molar-refractivity contribution in [2.45, 2.75) is 26.6 Å². The van der Waals surface area contributed by atoms with E-state index in [1.165, 1.54) is 6.07 Å². The molecule has 0 bridgehead atoms. The molecule has 1 atom stereocenters. The molecule has 0 radical (unpaired) electrons. The maximum Gasteiger partial charge on any atom is 0.131 e. The lowest BCUT2D eigenvalue weighted by Crippen LogP contribution is -2.03. The average molecular weight is 295 g/mol. The molecule has 0 aliphatic heterocycles. The number of ether oxygens (including phenoxy) is 1. The van der Waals surface area contributed by atoms with Crippen LogP contribution in [0.5, 0.6) is 5.75 Å². The second-order valence-electron chi connectivity index (χ2n) is 4.74. The molecular formula is C16H16ClFO2. The van der Waals surface area contributed by atoms with E-state index in [1.54, 1.807) is 25.1 Å². The summed E-state index contributed by atoms with van der Waals surface area (Å²) in [6, 6.07) is 10.00. The molecule has 4 heteroatoms. The third-order valence-corrected chi connectivity index (χ3v) is 3.25. The van der Waals surface area contributed by atoms with Gasteiger partial charge in [-0.15, -0.1) is 0 Å². The number of aryl methyl sites for hydroxylation is 1. The van der Waals surface area contributed by atoms with E-state index in [0.29, 0.717) is 21.9 Å². The molecule has 106 valence electrons. The van der Waals surface area contributed by atoms with Crippen LogP contribution < -0.4 is 4.74 Å². The summed E-state index contributed by atoms with van der Waals surface area (Å²) in [4.78, 5) is 0. The van der Waals surface area contributed by atoms with Crippen molar-refractivity contribution in [1.82, 2.24) is 0 Å². The van der Waals surface area contributed by atoms with Crippen molar-refractivity contribution >= 4 is 11.6 Å². The predicted molar refractivity (Wildman–Crippen MR) is 77.6 cm³/mol. The topological polar surface area (TPSA) is 29.5 Å². The summed E-state index contributed by atoms with van der Waals surface area (Å²) in [5.74, 6) is 0.156. The first-order valence-corrected chi connectivity index (χ1v) is 6.70. The Morgan fingerprint density at radius 1 is 1.25 bits per heavy atom. The van der Waals surface area contributed by atoms with E-state index in [9.17, 15) is 9.50 Å². The number of halogens is 2. The molecule has 0 unspecified atom stereocenters. The zero-order valence-corrected chi connectivity index (χ0v) is 12.1. The van der Waals surface area contributed by atoms with Gasteiger partial charge in [0, 0.05) is 16.1 Å². The van der Waals surface area contributed by atoms with Gasteiger partial charge < -0.3 is 9.84 Å². The lowest BCUT2D eigenvalue weighted by Gasteiger charge is -2.14. The number of hydrogen-bond donors (Lipinski definition) is 1. The minimum absolute atomic E-state index is 0.0891. The average Bonchev–Trinajstić information content (AvgIpc) is 2.38. The van der Waals surface area contributed by atoms with Crippen molar-refractivity contribution in [3.05, 3.63) is 63.9 Å². The lowest BCUT2D eigenvalue weighted by molar-refractivity contribution is 0.189. The van der Waals surface area contributed by atoms with Gasteiger partial charge in [0.25, 0.3) is 0 Å². The van der Waals surface area contributed by atoms with Crippen LogP contribution in [0.3, 0.4) is 0 Å². The Kier molecular flexibility index (Phi) is 4.63. The molecule has 2 rings (SSSR count). The zero-order valence-electron chi connectivity index (χ0n) is 11.4. The van der Waals surface area contributed by atoms with E-state index in [1.807, 2.05) is 19.1 Å². The molecule has 0 saturated heterocycles. The molecule has 2 nitrogen and oxygen atoms in total. The van der Waals surface area contributed by atoms with Crippen molar-refractivity contribution in [3.63, 3.8) is 0 Å². The van der Waals surface area contributed by atoms with Gasteiger partial charge in [0.05, 0.1) is 6.10 Å². The number of aliphatic hydroxyl groups is 1. The highest BCUT2D eigenvalue weighted by Crippen LogP contribution is 2.27. The van der Waals surface area contributed by atoms with Crippen molar-refractivity contribution in [2.24, 2.45) is 0 Å². The molecule has 0 heterocycles. The summed E-state index contributed by atoms with van der Waals surface area (Å²) in [6.45, 7) is 3.70. The fraction of sp³-hybridized carbons (Fsp3) is 0.250. The molecule has 0 saturated carbocycles. The van der Waals surface area contributed by atoms with Crippen molar-refractivity contribution in [3.8, 4) is 5.75 Å². The van der Waals surface area contributed by atoms with E-state index < -0.39 is 11.9 Å². The summed E-state index contributed by atoms with van der Waals surface area (Å²) < 4.78 is 19.3. The summed E-state index contributed by atoms with van der Waals surface area (Å²) in [6.07, 6.45) is -0.639. The molecule has 0 aliphatic rings. The number of hydrogen-bond acceptors (Lipinski definition) is 2. The van der Waals surface area contributed by atoms with Gasteiger partial charge in [-0.05, 0) is 38.1 Å². The highest BCUT2D eigenvalue weighted by molar-refractivity contribution is 6.30. The molecule has 0 aromatic heterocycles. The molecule has 20 heavy (non-hydrogen) atoms. The smallest absolute Gasteiger partial charge is 0.131 e. The number of rotatable bonds is 4. The SMILES string of the molecule is Cc1ccc(OCc2ccc(Cl)cc2F)c([C@@H](C)O)c1. The Balaban J connectivity index is 2.18.